The van der Waals surface area contributed by atoms with Crippen LogP contribution in [0, 0.1) is 6.92 Å². The van der Waals surface area contributed by atoms with Crippen molar-refractivity contribution >= 4 is 15.9 Å². The van der Waals surface area contributed by atoms with E-state index < -0.39 is 16.1 Å². The molecule has 0 aromatic heterocycles. The van der Waals surface area contributed by atoms with Crippen LogP contribution in [0.25, 0.3) is 0 Å². The molecule has 0 radical (unpaired) electrons. The Hall–Kier alpha value is -1.60. The highest BCUT2D eigenvalue weighted by Crippen LogP contribution is 2.24. The molecule has 0 aliphatic carbocycles. The van der Waals surface area contributed by atoms with Crippen molar-refractivity contribution in [2.75, 3.05) is 0 Å². The lowest BCUT2D eigenvalue weighted by molar-refractivity contribution is -0.127. The van der Waals surface area contributed by atoms with Gasteiger partial charge in [0.05, 0.1) is 0 Å². The maximum absolute atomic E-state index is 11.8. The minimum absolute atomic E-state index is 0.0238. The van der Waals surface area contributed by atoms with Gasteiger partial charge in [0.25, 0.3) is 5.91 Å². The third kappa shape index (κ3) is 4.50. The van der Waals surface area contributed by atoms with Crippen LogP contribution >= 0.6 is 0 Å². The molecule has 0 aliphatic rings. The summed E-state index contributed by atoms with van der Waals surface area (Å²) in [4.78, 5) is 11.6. The monoisotopic (exact) mass is 300 g/mol. The number of primary sulfonamides is 1. The van der Waals surface area contributed by atoms with E-state index in [4.69, 9.17) is 9.88 Å². The molecule has 0 saturated carbocycles. The van der Waals surface area contributed by atoms with Crippen molar-refractivity contribution in [1.29, 1.82) is 0 Å². The molecule has 112 valence electrons. The van der Waals surface area contributed by atoms with Gasteiger partial charge < -0.3 is 10.1 Å². The first-order valence-corrected chi connectivity index (χ1v) is 7.76. The summed E-state index contributed by atoms with van der Waals surface area (Å²) in [5.74, 6) is -0.245. The molecule has 20 heavy (non-hydrogen) atoms. The van der Waals surface area contributed by atoms with Gasteiger partial charge in [0.2, 0.25) is 10.0 Å². The van der Waals surface area contributed by atoms with Gasteiger partial charge in [-0.1, -0.05) is 6.07 Å². The van der Waals surface area contributed by atoms with Crippen LogP contribution in [0.5, 0.6) is 5.75 Å². The van der Waals surface area contributed by atoms with E-state index in [1.54, 1.807) is 19.9 Å². The maximum Gasteiger partial charge on any atom is 0.260 e. The van der Waals surface area contributed by atoms with Crippen LogP contribution in [0.4, 0.5) is 0 Å². The van der Waals surface area contributed by atoms with Crippen LogP contribution in [-0.4, -0.2) is 26.5 Å². The summed E-state index contributed by atoms with van der Waals surface area (Å²) in [5, 5.41) is 7.84. The topological polar surface area (TPSA) is 98.5 Å². The highest BCUT2D eigenvalue weighted by molar-refractivity contribution is 7.89. The second-order valence-electron chi connectivity index (χ2n) is 4.92. The summed E-state index contributed by atoms with van der Waals surface area (Å²) in [6.45, 7) is 6.94. The zero-order valence-corrected chi connectivity index (χ0v) is 12.8. The summed E-state index contributed by atoms with van der Waals surface area (Å²) in [7, 11) is -3.91. The van der Waals surface area contributed by atoms with Crippen molar-refractivity contribution in [3.8, 4) is 5.75 Å². The van der Waals surface area contributed by atoms with Gasteiger partial charge in [-0.15, -0.1) is 0 Å². The maximum atomic E-state index is 11.8. The minimum atomic E-state index is -3.91. The Kier molecular flexibility index (Phi) is 5.13. The Labute approximate surface area is 119 Å². The fourth-order valence-electron chi connectivity index (χ4n) is 1.58. The number of ether oxygens (including phenoxy) is 1. The van der Waals surface area contributed by atoms with Gasteiger partial charge in [0.1, 0.15) is 10.6 Å². The fraction of sp³-hybridized carbons (Fsp3) is 0.462. The summed E-state index contributed by atoms with van der Waals surface area (Å²) >= 11 is 0. The predicted octanol–water partition coefficient (Wildman–Crippen LogP) is 0.934. The Morgan fingerprint density at radius 1 is 1.30 bits per heavy atom. The zero-order chi connectivity index (χ0) is 15.5. The molecule has 6 nitrogen and oxygen atoms in total. The van der Waals surface area contributed by atoms with Gasteiger partial charge >= 0.3 is 0 Å². The minimum Gasteiger partial charge on any atom is -0.479 e. The van der Waals surface area contributed by atoms with Crippen LogP contribution in [0.2, 0.25) is 0 Å². The number of benzene rings is 1. The van der Waals surface area contributed by atoms with Gasteiger partial charge in [-0.05, 0) is 45.4 Å². The quantitative estimate of drug-likeness (QED) is 0.845. The summed E-state index contributed by atoms with van der Waals surface area (Å²) < 4.78 is 28.5. The van der Waals surface area contributed by atoms with Crippen molar-refractivity contribution in [3.05, 3.63) is 23.8 Å². The van der Waals surface area contributed by atoms with Crippen molar-refractivity contribution in [3.63, 3.8) is 0 Å². The van der Waals surface area contributed by atoms with E-state index in [0.29, 0.717) is 0 Å². The molecule has 0 spiro atoms. The number of carbonyl (C=O) groups is 1. The standard InChI is InChI=1S/C13H20N2O4S/c1-8(2)15-13(16)10(4)19-11-6-5-9(3)7-12(11)20(14,17)18/h5-8,10H,1-4H3,(H,15,16)(H2,14,17,18). The first-order valence-electron chi connectivity index (χ1n) is 6.21. The molecule has 1 aromatic carbocycles. The van der Waals surface area contributed by atoms with Crippen LogP contribution in [0.3, 0.4) is 0 Å². The number of carbonyl (C=O) groups excluding carboxylic acids is 1. The molecular formula is C13H20N2O4S. The molecule has 0 aliphatic heterocycles. The van der Waals surface area contributed by atoms with Gasteiger partial charge in [0, 0.05) is 6.04 Å². The van der Waals surface area contributed by atoms with Crippen LogP contribution < -0.4 is 15.2 Å². The van der Waals surface area contributed by atoms with Crippen molar-refractivity contribution < 1.29 is 17.9 Å². The van der Waals surface area contributed by atoms with Crippen molar-refractivity contribution in [2.45, 2.75) is 44.7 Å². The number of amides is 1. The number of aryl methyl sites for hydroxylation is 1. The Bertz CT molecular complexity index is 596. The molecule has 0 heterocycles. The number of rotatable bonds is 5. The fourth-order valence-corrected chi connectivity index (χ4v) is 2.33. The molecule has 0 bridgehead atoms. The highest BCUT2D eigenvalue weighted by Gasteiger charge is 2.21. The highest BCUT2D eigenvalue weighted by atomic mass is 32.2. The van der Waals surface area contributed by atoms with Crippen LogP contribution in [-0.2, 0) is 14.8 Å². The lowest BCUT2D eigenvalue weighted by atomic mass is 10.2. The SMILES string of the molecule is Cc1ccc(OC(C)C(=O)NC(C)C)c(S(N)(=O)=O)c1. The van der Waals surface area contributed by atoms with E-state index in [-0.39, 0.29) is 22.6 Å². The summed E-state index contributed by atoms with van der Waals surface area (Å²) in [6.07, 6.45) is -0.819. The number of nitrogens with one attached hydrogen (secondary N) is 1. The Morgan fingerprint density at radius 3 is 2.40 bits per heavy atom. The third-order valence-corrected chi connectivity index (χ3v) is 3.44. The molecular weight excluding hydrogens is 280 g/mol. The third-order valence-electron chi connectivity index (χ3n) is 2.51. The van der Waals surface area contributed by atoms with Crippen LogP contribution in [0.1, 0.15) is 26.3 Å². The molecule has 1 unspecified atom stereocenters. The van der Waals surface area contributed by atoms with E-state index in [9.17, 15) is 13.2 Å². The molecule has 1 atom stereocenters. The lowest BCUT2D eigenvalue weighted by Crippen LogP contribution is -2.40. The number of sulfonamides is 1. The first-order chi connectivity index (χ1) is 9.11. The average molecular weight is 300 g/mol. The van der Waals surface area contributed by atoms with Gasteiger partial charge in [-0.25, -0.2) is 13.6 Å². The van der Waals surface area contributed by atoms with E-state index in [1.165, 1.54) is 12.1 Å². The molecule has 0 fully saturated rings. The lowest BCUT2D eigenvalue weighted by Gasteiger charge is -2.18. The van der Waals surface area contributed by atoms with E-state index in [0.717, 1.165) is 5.56 Å². The second kappa shape index (κ2) is 6.23. The number of hydrogen-bond donors (Lipinski definition) is 2. The van der Waals surface area contributed by atoms with E-state index >= 15 is 0 Å². The Morgan fingerprint density at radius 2 is 1.90 bits per heavy atom. The van der Waals surface area contributed by atoms with Gasteiger partial charge in [-0.2, -0.15) is 0 Å². The molecule has 1 aromatic rings. The predicted molar refractivity (Wildman–Crippen MR) is 75.9 cm³/mol. The normalized spacial score (nSPS) is 13.1. The van der Waals surface area contributed by atoms with Crippen molar-refractivity contribution in [2.24, 2.45) is 5.14 Å². The van der Waals surface area contributed by atoms with Crippen molar-refractivity contribution in [1.82, 2.24) is 5.32 Å². The molecule has 7 heteroatoms. The zero-order valence-electron chi connectivity index (χ0n) is 12.0. The largest absolute Gasteiger partial charge is 0.479 e. The first kappa shape index (κ1) is 16.5. The molecule has 0 saturated heterocycles. The van der Waals surface area contributed by atoms with E-state index in [1.807, 2.05) is 13.8 Å². The molecule has 3 N–H and O–H groups in total. The second-order valence-corrected chi connectivity index (χ2v) is 6.45. The van der Waals surface area contributed by atoms with Crippen LogP contribution in [0.15, 0.2) is 23.1 Å². The molecule has 1 rings (SSSR count). The average Bonchev–Trinajstić information content (AvgIpc) is 2.29. The Balaban J connectivity index is 3.01. The number of nitrogens with two attached hydrogens (primary N) is 1. The summed E-state index contributed by atoms with van der Waals surface area (Å²) in [6, 6.07) is 4.58. The number of hydrogen-bond acceptors (Lipinski definition) is 4. The smallest absolute Gasteiger partial charge is 0.260 e. The molecule has 1 amide bonds. The van der Waals surface area contributed by atoms with Gasteiger partial charge in [-0.3, -0.25) is 4.79 Å². The van der Waals surface area contributed by atoms with Gasteiger partial charge in [0.15, 0.2) is 6.10 Å². The van der Waals surface area contributed by atoms with E-state index in [2.05, 4.69) is 5.32 Å². The summed E-state index contributed by atoms with van der Waals surface area (Å²) in [5.41, 5.74) is 0.737.